The third kappa shape index (κ3) is 2.44. The molecule has 1 aliphatic carbocycles. The molecule has 1 saturated heterocycles. The lowest BCUT2D eigenvalue weighted by Crippen LogP contribution is -2.37. The predicted molar refractivity (Wildman–Crippen MR) is 85.7 cm³/mol. The summed E-state index contributed by atoms with van der Waals surface area (Å²) in [5.74, 6) is -0.248. The molecule has 0 spiro atoms. The number of methoxy groups -OCH3 is 2. The van der Waals surface area contributed by atoms with Crippen LogP contribution in [0.15, 0.2) is 23.1 Å². The lowest BCUT2D eigenvalue weighted by atomic mass is 9.81. The van der Waals surface area contributed by atoms with Gasteiger partial charge < -0.3 is 14.6 Å². The van der Waals surface area contributed by atoms with Gasteiger partial charge in [-0.15, -0.1) is 0 Å². The van der Waals surface area contributed by atoms with Gasteiger partial charge >= 0.3 is 5.97 Å². The third-order valence-corrected chi connectivity index (χ3v) is 7.07. The van der Waals surface area contributed by atoms with E-state index in [-0.39, 0.29) is 23.9 Å². The Morgan fingerprint density at radius 3 is 2.58 bits per heavy atom. The van der Waals surface area contributed by atoms with Gasteiger partial charge in [0.05, 0.1) is 24.5 Å². The van der Waals surface area contributed by atoms with E-state index < -0.39 is 21.4 Å². The number of fused-ring (bicyclic) bond motifs is 1. The molecule has 0 bridgehead atoms. The van der Waals surface area contributed by atoms with Crippen LogP contribution in [0.2, 0.25) is 0 Å². The normalized spacial score (nSPS) is 27.0. The molecule has 2 fully saturated rings. The second-order valence-corrected chi connectivity index (χ2v) is 8.30. The highest BCUT2D eigenvalue weighted by Gasteiger charge is 2.57. The van der Waals surface area contributed by atoms with Gasteiger partial charge in [0.25, 0.3) is 0 Å². The zero-order valence-corrected chi connectivity index (χ0v) is 14.5. The Kier molecular flexibility index (Phi) is 4.21. The Hall–Kier alpha value is -1.80. The topological polar surface area (TPSA) is 93.1 Å². The highest BCUT2D eigenvalue weighted by atomic mass is 32.2. The molecule has 2 atom stereocenters. The van der Waals surface area contributed by atoms with Crippen molar-refractivity contribution in [1.82, 2.24) is 4.31 Å². The van der Waals surface area contributed by atoms with Crippen molar-refractivity contribution in [3.8, 4) is 11.5 Å². The average molecular weight is 355 g/mol. The fourth-order valence-corrected chi connectivity index (χ4v) is 5.47. The number of benzene rings is 1. The Morgan fingerprint density at radius 1 is 1.29 bits per heavy atom. The summed E-state index contributed by atoms with van der Waals surface area (Å²) in [6.07, 6.45) is 2.12. The molecule has 8 heteroatoms. The number of carboxylic acid groups (broad SMARTS) is 1. The molecule has 2 aliphatic rings. The molecule has 0 radical (unpaired) electrons. The second-order valence-electron chi connectivity index (χ2n) is 6.36. The maximum atomic E-state index is 12.9. The van der Waals surface area contributed by atoms with Crippen molar-refractivity contribution in [2.24, 2.45) is 11.3 Å². The maximum absolute atomic E-state index is 12.9. The van der Waals surface area contributed by atoms with Crippen LogP contribution >= 0.6 is 0 Å². The van der Waals surface area contributed by atoms with Gasteiger partial charge in [-0.05, 0) is 30.9 Å². The van der Waals surface area contributed by atoms with Gasteiger partial charge in [-0.2, -0.15) is 4.31 Å². The summed E-state index contributed by atoms with van der Waals surface area (Å²) >= 11 is 0. The van der Waals surface area contributed by atoms with E-state index in [1.165, 1.54) is 36.7 Å². The molecule has 1 aromatic carbocycles. The number of rotatable bonds is 5. The standard InChI is InChI=1S/C16H21NO6S/c1-22-13-6-5-12(8-14(13)23-2)24(20,21)17-9-11-4-3-7-16(11,10-17)15(18)19/h5-6,8,11H,3-4,7,9-10H2,1-2H3,(H,18,19)/t11-,16+/m0/s1. The van der Waals surface area contributed by atoms with Crippen molar-refractivity contribution < 1.29 is 27.8 Å². The summed E-state index contributed by atoms with van der Waals surface area (Å²) in [6, 6.07) is 4.41. The van der Waals surface area contributed by atoms with Crippen LogP contribution in [-0.4, -0.2) is 51.1 Å². The predicted octanol–water partition coefficient (Wildman–Crippen LogP) is 1.58. The van der Waals surface area contributed by atoms with E-state index in [1.807, 2.05) is 0 Å². The minimum atomic E-state index is -3.78. The van der Waals surface area contributed by atoms with E-state index in [0.717, 1.165) is 12.8 Å². The third-order valence-electron chi connectivity index (χ3n) is 5.26. The number of sulfonamides is 1. The van der Waals surface area contributed by atoms with Gasteiger partial charge in [-0.3, -0.25) is 4.79 Å². The van der Waals surface area contributed by atoms with E-state index in [9.17, 15) is 18.3 Å². The van der Waals surface area contributed by atoms with E-state index in [2.05, 4.69) is 0 Å². The van der Waals surface area contributed by atoms with Crippen LogP contribution in [0.3, 0.4) is 0 Å². The van der Waals surface area contributed by atoms with Gasteiger partial charge in [0, 0.05) is 19.2 Å². The summed E-state index contributed by atoms with van der Waals surface area (Å²) < 4.78 is 37.5. The first-order chi connectivity index (χ1) is 11.3. The Morgan fingerprint density at radius 2 is 2.00 bits per heavy atom. The summed E-state index contributed by atoms with van der Waals surface area (Å²) in [5.41, 5.74) is -0.941. The van der Waals surface area contributed by atoms with Crippen molar-refractivity contribution in [3.05, 3.63) is 18.2 Å². The van der Waals surface area contributed by atoms with Crippen LogP contribution in [0.1, 0.15) is 19.3 Å². The summed E-state index contributed by atoms with van der Waals surface area (Å²) in [4.78, 5) is 11.8. The Labute approximate surface area is 141 Å². The number of hydrogen-bond acceptors (Lipinski definition) is 5. The fourth-order valence-electron chi connectivity index (χ4n) is 3.90. The number of ether oxygens (including phenoxy) is 2. The molecule has 132 valence electrons. The van der Waals surface area contributed by atoms with Crippen molar-refractivity contribution in [2.75, 3.05) is 27.3 Å². The van der Waals surface area contributed by atoms with Crippen molar-refractivity contribution in [3.63, 3.8) is 0 Å². The van der Waals surface area contributed by atoms with Crippen molar-refractivity contribution in [2.45, 2.75) is 24.2 Å². The molecule has 0 unspecified atom stereocenters. The first-order valence-corrected chi connectivity index (χ1v) is 9.25. The molecule has 1 aromatic rings. The molecule has 1 heterocycles. The lowest BCUT2D eigenvalue weighted by Gasteiger charge is -2.23. The smallest absolute Gasteiger partial charge is 0.311 e. The average Bonchev–Trinajstić information content (AvgIpc) is 3.12. The molecule has 0 aromatic heterocycles. The molecular formula is C16H21NO6S. The first kappa shape index (κ1) is 17.0. The van der Waals surface area contributed by atoms with Gasteiger partial charge in [0.15, 0.2) is 11.5 Å². The molecule has 7 nitrogen and oxygen atoms in total. The molecule has 3 rings (SSSR count). The monoisotopic (exact) mass is 355 g/mol. The van der Waals surface area contributed by atoms with Crippen LogP contribution in [-0.2, 0) is 14.8 Å². The molecule has 1 aliphatic heterocycles. The summed E-state index contributed by atoms with van der Waals surface area (Å²) in [5, 5.41) is 9.62. The number of carbonyl (C=O) groups is 1. The lowest BCUT2D eigenvalue weighted by molar-refractivity contribution is -0.149. The minimum absolute atomic E-state index is 0.0314. The molecular weight excluding hydrogens is 334 g/mol. The SMILES string of the molecule is COc1ccc(S(=O)(=O)N2C[C@@H]3CCC[C@@]3(C(=O)O)C2)cc1OC. The van der Waals surface area contributed by atoms with Gasteiger partial charge in [0.2, 0.25) is 10.0 Å². The van der Waals surface area contributed by atoms with E-state index in [4.69, 9.17) is 9.47 Å². The maximum Gasteiger partial charge on any atom is 0.311 e. The van der Waals surface area contributed by atoms with Crippen LogP contribution in [0.5, 0.6) is 11.5 Å². The quantitative estimate of drug-likeness (QED) is 0.862. The van der Waals surface area contributed by atoms with Crippen LogP contribution < -0.4 is 9.47 Å². The summed E-state index contributed by atoms with van der Waals surface area (Å²) in [7, 11) is -0.861. The van der Waals surface area contributed by atoms with Crippen molar-refractivity contribution >= 4 is 16.0 Å². The zero-order chi connectivity index (χ0) is 17.5. The van der Waals surface area contributed by atoms with Crippen LogP contribution in [0, 0.1) is 11.3 Å². The first-order valence-electron chi connectivity index (χ1n) is 7.81. The van der Waals surface area contributed by atoms with Crippen LogP contribution in [0.25, 0.3) is 0 Å². The molecule has 1 saturated carbocycles. The molecule has 1 N–H and O–H groups in total. The zero-order valence-electron chi connectivity index (χ0n) is 13.7. The molecule has 24 heavy (non-hydrogen) atoms. The van der Waals surface area contributed by atoms with E-state index >= 15 is 0 Å². The van der Waals surface area contributed by atoms with Gasteiger partial charge in [0.1, 0.15) is 0 Å². The second kappa shape index (κ2) is 5.93. The highest BCUT2D eigenvalue weighted by Crippen LogP contribution is 2.50. The van der Waals surface area contributed by atoms with Crippen LogP contribution in [0.4, 0.5) is 0 Å². The number of hydrogen-bond donors (Lipinski definition) is 1. The number of aliphatic carboxylic acids is 1. The molecule has 0 amide bonds. The van der Waals surface area contributed by atoms with Crippen molar-refractivity contribution in [1.29, 1.82) is 0 Å². The number of carboxylic acids is 1. The van der Waals surface area contributed by atoms with E-state index in [0.29, 0.717) is 17.9 Å². The van der Waals surface area contributed by atoms with E-state index in [1.54, 1.807) is 0 Å². The summed E-state index contributed by atoms with van der Waals surface area (Å²) in [6.45, 7) is 0.284. The highest BCUT2D eigenvalue weighted by molar-refractivity contribution is 7.89. The Balaban J connectivity index is 1.94. The van der Waals surface area contributed by atoms with Gasteiger partial charge in [-0.25, -0.2) is 8.42 Å². The Bertz CT molecular complexity index is 762. The fraction of sp³-hybridized carbons (Fsp3) is 0.562. The van der Waals surface area contributed by atoms with Gasteiger partial charge in [-0.1, -0.05) is 6.42 Å². The minimum Gasteiger partial charge on any atom is -0.493 e. The number of nitrogens with zero attached hydrogens (tertiary/aromatic N) is 1. The largest absolute Gasteiger partial charge is 0.493 e.